The van der Waals surface area contributed by atoms with Gasteiger partial charge in [0.15, 0.2) is 0 Å². The highest BCUT2D eigenvalue weighted by Crippen LogP contribution is 2.22. The molecule has 1 N–H and O–H groups in total. The largest absolute Gasteiger partial charge is 0.481 e. The van der Waals surface area contributed by atoms with E-state index in [1.54, 1.807) is 18.3 Å². The lowest BCUT2D eigenvalue weighted by molar-refractivity contribution is -0.136. The normalized spacial score (nSPS) is 10.6. The number of rotatable bonds is 5. The van der Waals surface area contributed by atoms with Crippen LogP contribution < -0.4 is 0 Å². The summed E-state index contributed by atoms with van der Waals surface area (Å²) < 4.78 is 15.3. The van der Waals surface area contributed by atoms with E-state index < -0.39 is 11.8 Å². The lowest BCUT2D eigenvalue weighted by Gasteiger charge is -2.03. The van der Waals surface area contributed by atoms with E-state index in [1.165, 1.54) is 6.07 Å². The van der Waals surface area contributed by atoms with E-state index in [0.29, 0.717) is 0 Å². The summed E-state index contributed by atoms with van der Waals surface area (Å²) in [5.74, 6) is -1.54. The highest BCUT2D eigenvalue weighted by atomic mass is 19.1. The van der Waals surface area contributed by atoms with E-state index in [0.717, 1.165) is 24.1 Å². The van der Waals surface area contributed by atoms with Crippen LogP contribution in [-0.2, 0) is 17.8 Å². The van der Waals surface area contributed by atoms with Gasteiger partial charge >= 0.3 is 5.97 Å². The molecule has 0 aliphatic rings. The quantitative estimate of drug-likeness (QED) is 0.901. The summed E-state index contributed by atoms with van der Waals surface area (Å²) in [5, 5.41) is 12.9. The number of aromatic nitrogens is 2. The summed E-state index contributed by atoms with van der Waals surface area (Å²) in [5.41, 5.74) is 1.83. The fraction of sp³-hybridized carbons (Fsp3) is 0.286. The van der Waals surface area contributed by atoms with Gasteiger partial charge in [-0.2, -0.15) is 5.10 Å². The molecule has 0 amide bonds. The molecule has 19 heavy (non-hydrogen) atoms. The summed E-state index contributed by atoms with van der Waals surface area (Å²) in [6, 6.07) is 4.50. The Morgan fingerprint density at radius 2 is 2.21 bits per heavy atom. The number of carboxylic acids is 1. The smallest absolute Gasteiger partial charge is 0.307 e. The van der Waals surface area contributed by atoms with Gasteiger partial charge in [-0.05, 0) is 29.7 Å². The van der Waals surface area contributed by atoms with Crippen molar-refractivity contribution < 1.29 is 14.3 Å². The molecule has 4 nitrogen and oxygen atoms in total. The van der Waals surface area contributed by atoms with Crippen molar-refractivity contribution in [1.82, 2.24) is 9.78 Å². The molecule has 2 aromatic rings. The third kappa shape index (κ3) is 3.19. The molecular formula is C14H15FN2O2. The fourth-order valence-corrected chi connectivity index (χ4v) is 1.92. The van der Waals surface area contributed by atoms with Crippen LogP contribution in [0.25, 0.3) is 11.1 Å². The van der Waals surface area contributed by atoms with Crippen molar-refractivity contribution in [2.24, 2.45) is 0 Å². The fourth-order valence-electron chi connectivity index (χ4n) is 1.92. The summed E-state index contributed by atoms with van der Waals surface area (Å²) in [7, 11) is 0. The molecule has 0 radical (unpaired) electrons. The molecule has 1 aromatic carbocycles. The maximum Gasteiger partial charge on any atom is 0.307 e. The summed E-state index contributed by atoms with van der Waals surface area (Å²) in [6.07, 6.45) is 4.24. The average molecular weight is 262 g/mol. The Hall–Kier alpha value is -2.17. The Morgan fingerprint density at radius 3 is 2.89 bits per heavy atom. The molecular weight excluding hydrogens is 247 g/mol. The second kappa shape index (κ2) is 5.65. The zero-order valence-corrected chi connectivity index (χ0v) is 10.6. The van der Waals surface area contributed by atoms with Crippen LogP contribution in [0, 0.1) is 5.82 Å². The first kappa shape index (κ1) is 13.3. The Morgan fingerprint density at radius 1 is 1.42 bits per heavy atom. The van der Waals surface area contributed by atoms with Crippen LogP contribution in [0.3, 0.4) is 0 Å². The molecule has 0 saturated carbocycles. The van der Waals surface area contributed by atoms with Gasteiger partial charge in [-0.1, -0.05) is 13.0 Å². The summed E-state index contributed by atoms with van der Waals surface area (Å²) in [6.45, 7) is 2.88. The van der Waals surface area contributed by atoms with Crippen molar-refractivity contribution >= 4 is 5.97 Å². The molecule has 0 aliphatic carbocycles. The van der Waals surface area contributed by atoms with Crippen LogP contribution in [0.15, 0.2) is 30.6 Å². The zero-order chi connectivity index (χ0) is 13.8. The predicted molar refractivity (Wildman–Crippen MR) is 69.3 cm³/mol. The van der Waals surface area contributed by atoms with Crippen LogP contribution in [-0.4, -0.2) is 20.9 Å². The summed E-state index contributed by atoms with van der Waals surface area (Å²) >= 11 is 0. The molecule has 0 unspecified atom stereocenters. The molecule has 0 spiro atoms. The van der Waals surface area contributed by atoms with Gasteiger partial charge in [-0.3, -0.25) is 9.48 Å². The first-order valence-electron chi connectivity index (χ1n) is 6.13. The molecule has 0 aliphatic heterocycles. The van der Waals surface area contributed by atoms with E-state index in [9.17, 15) is 9.18 Å². The van der Waals surface area contributed by atoms with Gasteiger partial charge in [0, 0.05) is 18.3 Å². The molecule has 1 aromatic heterocycles. The number of nitrogens with zero attached hydrogens (tertiary/aromatic N) is 2. The maximum absolute atomic E-state index is 13.5. The topological polar surface area (TPSA) is 55.1 Å². The number of halogens is 1. The minimum absolute atomic E-state index is 0.188. The van der Waals surface area contributed by atoms with Gasteiger partial charge in [0.2, 0.25) is 0 Å². The summed E-state index contributed by atoms with van der Waals surface area (Å²) in [4.78, 5) is 10.7. The number of hydrogen-bond acceptors (Lipinski definition) is 2. The molecule has 100 valence electrons. The first-order chi connectivity index (χ1) is 9.10. The van der Waals surface area contributed by atoms with Crippen LogP contribution in [0.2, 0.25) is 0 Å². The van der Waals surface area contributed by atoms with Gasteiger partial charge in [0.25, 0.3) is 0 Å². The SMILES string of the molecule is CCCn1cc(-c2ccc(F)c(CC(=O)O)c2)cn1. The predicted octanol–water partition coefficient (Wildman–Crippen LogP) is 2.73. The second-order valence-corrected chi connectivity index (χ2v) is 4.37. The molecule has 2 rings (SSSR count). The van der Waals surface area contributed by atoms with Gasteiger partial charge < -0.3 is 5.11 Å². The van der Waals surface area contributed by atoms with Gasteiger partial charge in [0.1, 0.15) is 5.82 Å². The number of aliphatic carboxylic acids is 1. The van der Waals surface area contributed by atoms with Crippen LogP contribution in [0.5, 0.6) is 0 Å². The van der Waals surface area contributed by atoms with Crippen molar-refractivity contribution in [1.29, 1.82) is 0 Å². The Balaban J connectivity index is 2.30. The molecule has 5 heteroatoms. The van der Waals surface area contributed by atoms with E-state index >= 15 is 0 Å². The van der Waals surface area contributed by atoms with Crippen LogP contribution in [0.1, 0.15) is 18.9 Å². The lowest BCUT2D eigenvalue weighted by Crippen LogP contribution is -2.02. The number of benzene rings is 1. The highest BCUT2D eigenvalue weighted by molar-refractivity contribution is 5.72. The Kier molecular flexibility index (Phi) is 3.94. The zero-order valence-electron chi connectivity index (χ0n) is 10.6. The Labute approximate surface area is 110 Å². The van der Waals surface area contributed by atoms with Crippen molar-refractivity contribution in [3.05, 3.63) is 42.0 Å². The van der Waals surface area contributed by atoms with Crippen LogP contribution in [0.4, 0.5) is 4.39 Å². The van der Waals surface area contributed by atoms with Crippen molar-refractivity contribution in [2.75, 3.05) is 0 Å². The maximum atomic E-state index is 13.5. The number of carboxylic acid groups (broad SMARTS) is 1. The number of aryl methyl sites for hydroxylation is 1. The van der Waals surface area contributed by atoms with Crippen molar-refractivity contribution in [2.45, 2.75) is 26.3 Å². The monoisotopic (exact) mass is 262 g/mol. The van der Waals surface area contributed by atoms with E-state index in [1.807, 2.05) is 10.9 Å². The minimum Gasteiger partial charge on any atom is -0.481 e. The van der Waals surface area contributed by atoms with Crippen molar-refractivity contribution in [3.8, 4) is 11.1 Å². The Bertz CT molecular complexity index is 593. The third-order valence-electron chi connectivity index (χ3n) is 2.81. The second-order valence-electron chi connectivity index (χ2n) is 4.37. The average Bonchev–Trinajstić information content (AvgIpc) is 2.80. The van der Waals surface area contributed by atoms with Crippen molar-refractivity contribution in [3.63, 3.8) is 0 Å². The standard InChI is InChI=1S/C14H15FN2O2/c1-2-5-17-9-12(8-16-17)10-3-4-13(15)11(6-10)7-14(18)19/h3-4,6,8-9H,2,5,7H2,1H3,(H,18,19). The molecule has 0 saturated heterocycles. The highest BCUT2D eigenvalue weighted by Gasteiger charge is 2.10. The molecule has 1 heterocycles. The van der Waals surface area contributed by atoms with Gasteiger partial charge in [0.05, 0.1) is 12.6 Å². The first-order valence-corrected chi connectivity index (χ1v) is 6.13. The van der Waals surface area contributed by atoms with E-state index in [-0.39, 0.29) is 12.0 Å². The number of carbonyl (C=O) groups is 1. The van der Waals surface area contributed by atoms with E-state index in [2.05, 4.69) is 12.0 Å². The molecule has 0 bridgehead atoms. The number of hydrogen-bond donors (Lipinski definition) is 1. The van der Waals surface area contributed by atoms with Crippen LogP contribution >= 0.6 is 0 Å². The van der Waals surface area contributed by atoms with E-state index in [4.69, 9.17) is 5.11 Å². The lowest BCUT2D eigenvalue weighted by atomic mass is 10.0. The molecule has 0 fully saturated rings. The third-order valence-corrected chi connectivity index (χ3v) is 2.81. The minimum atomic E-state index is -1.04. The molecule has 0 atom stereocenters. The van der Waals surface area contributed by atoms with Gasteiger partial charge in [-0.25, -0.2) is 4.39 Å². The van der Waals surface area contributed by atoms with Gasteiger partial charge in [-0.15, -0.1) is 0 Å².